The van der Waals surface area contributed by atoms with Gasteiger partial charge in [-0.05, 0) is 13.3 Å². The highest BCUT2D eigenvalue weighted by Crippen LogP contribution is 2.14. The number of ether oxygens (including phenoxy) is 1. The molecule has 4 nitrogen and oxygen atoms in total. The van der Waals surface area contributed by atoms with Crippen LogP contribution in [0.2, 0.25) is 0 Å². The van der Waals surface area contributed by atoms with Gasteiger partial charge in [0.15, 0.2) is 0 Å². The summed E-state index contributed by atoms with van der Waals surface area (Å²) < 4.78 is 4.74. The molecule has 0 saturated heterocycles. The van der Waals surface area contributed by atoms with Crippen LogP contribution in [0.15, 0.2) is 0 Å². The van der Waals surface area contributed by atoms with Crippen molar-refractivity contribution in [2.45, 2.75) is 31.6 Å². The van der Waals surface area contributed by atoms with Gasteiger partial charge < -0.3 is 10.5 Å². The van der Waals surface area contributed by atoms with Gasteiger partial charge in [-0.3, -0.25) is 4.79 Å². The summed E-state index contributed by atoms with van der Waals surface area (Å²) >= 11 is 1.40. The van der Waals surface area contributed by atoms with Crippen molar-refractivity contribution in [2.24, 2.45) is 5.73 Å². The maximum Gasteiger partial charge on any atom is 0.323 e. The lowest BCUT2D eigenvalue weighted by Crippen LogP contribution is -2.35. The third-order valence-electron chi connectivity index (χ3n) is 1.58. The molecule has 14 heavy (non-hydrogen) atoms. The van der Waals surface area contributed by atoms with Crippen molar-refractivity contribution in [2.75, 3.05) is 12.4 Å². The van der Waals surface area contributed by atoms with Gasteiger partial charge in [-0.2, -0.15) is 5.26 Å². The van der Waals surface area contributed by atoms with E-state index in [9.17, 15) is 4.79 Å². The lowest BCUT2D eigenvalue weighted by molar-refractivity contribution is -0.144. The number of rotatable bonds is 6. The zero-order chi connectivity index (χ0) is 11.0. The summed E-state index contributed by atoms with van der Waals surface area (Å²) in [7, 11) is 0. The molecule has 0 fully saturated rings. The van der Waals surface area contributed by atoms with Crippen LogP contribution in [0.3, 0.4) is 0 Å². The molecule has 0 aromatic heterocycles. The van der Waals surface area contributed by atoms with Crippen LogP contribution in [0.25, 0.3) is 0 Å². The largest absolute Gasteiger partial charge is 0.465 e. The van der Waals surface area contributed by atoms with E-state index in [0.29, 0.717) is 12.4 Å². The van der Waals surface area contributed by atoms with Gasteiger partial charge in [-0.25, -0.2) is 0 Å². The molecule has 0 aliphatic carbocycles. The zero-order valence-corrected chi connectivity index (χ0v) is 9.34. The van der Waals surface area contributed by atoms with Gasteiger partial charge in [-0.1, -0.05) is 6.92 Å². The van der Waals surface area contributed by atoms with Crippen LogP contribution in [0.1, 0.15) is 20.3 Å². The molecule has 0 rings (SSSR count). The second-order valence-corrected chi connectivity index (χ2v) is 3.95. The first-order valence-electron chi connectivity index (χ1n) is 4.59. The van der Waals surface area contributed by atoms with Crippen molar-refractivity contribution in [3.63, 3.8) is 0 Å². The minimum atomic E-state index is -0.623. The molecule has 2 N–H and O–H groups in total. The number of nitriles is 1. The third kappa shape index (κ3) is 5.10. The molecule has 0 radical (unpaired) electrons. The van der Waals surface area contributed by atoms with E-state index in [1.807, 2.05) is 6.92 Å². The fraction of sp³-hybridized carbons (Fsp3) is 0.778. The smallest absolute Gasteiger partial charge is 0.323 e. The van der Waals surface area contributed by atoms with Crippen LogP contribution in [-0.4, -0.2) is 29.6 Å². The second kappa shape index (κ2) is 7.65. The van der Waals surface area contributed by atoms with Gasteiger partial charge in [0, 0.05) is 5.75 Å². The maximum atomic E-state index is 11.1. The first-order valence-corrected chi connectivity index (χ1v) is 5.64. The summed E-state index contributed by atoms with van der Waals surface area (Å²) in [6, 6.07) is 1.51. The number of nitrogens with two attached hydrogens (primary N) is 1. The van der Waals surface area contributed by atoms with Gasteiger partial charge >= 0.3 is 5.97 Å². The number of carbonyl (C=O) groups is 1. The summed E-state index contributed by atoms with van der Waals surface area (Å²) in [5.74, 6) is 0.0399. The summed E-state index contributed by atoms with van der Waals surface area (Å²) in [6.45, 7) is 4.01. The van der Waals surface area contributed by atoms with Crippen molar-refractivity contribution >= 4 is 17.7 Å². The van der Waals surface area contributed by atoms with Crippen molar-refractivity contribution in [1.29, 1.82) is 5.26 Å². The topological polar surface area (TPSA) is 76.1 Å². The monoisotopic (exact) mass is 216 g/mol. The second-order valence-electron chi connectivity index (χ2n) is 2.72. The quantitative estimate of drug-likeness (QED) is 0.668. The summed E-state index contributed by atoms with van der Waals surface area (Å²) in [5, 5.41) is 8.57. The van der Waals surface area contributed by atoms with Crippen LogP contribution in [-0.2, 0) is 9.53 Å². The highest BCUT2D eigenvalue weighted by atomic mass is 32.2. The Hall–Kier alpha value is -0.730. The highest BCUT2D eigenvalue weighted by molar-refractivity contribution is 8.00. The van der Waals surface area contributed by atoms with Gasteiger partial charge in [0.2, 0.25) is 0 Å². The molecular weight excluding hydrogens is 200 g/mol. The predicted octanol–water partition coefficient (Wildman–Crippen LogP) is 0.912. The molecule has 80 valence electrons. The number of thioether (sulfide) groups is 1. The summed E-state index contributed by atoms with van der Waals surface area (Å²) in [6.07, 6.45) is 0.761. The molecule has 5 heteroatoms. The van der Waals surface area contributed by atoms with Crippen LogP contribution >= 0.6 is 11.8 Å². The number of hydrogen-bond donors (Lipinski definition) is 1. The van der Waals surface area contributed by atoms with Crippen molar-refractivity contribution in [1.82, 2.24) is 0 Å². The van der Waals surface area contributed by atoms with Gasteiger partial charge in [0.25, 0.3) is 0 Å². The fourth-order valence-corrected chi connectivity index (χ4v) is 1.67. The fourth-order valence-electron chi connectivity index (χ4n) is 0.784. The molecule has 0 spiro atoms. The molecule has 2 atom stereocenters. The van der Waals surface area contributed by atoms with Crippen molar-refractivity contribution in [3.8, 4) is 6.07 Å². The summed E-state index contributed by atoms with van der Waals surface area (Å²) in [5.41, 5.74) is 5.56. The van der Waals surface area contributed by atoms with E-state index in [4.69, 9.17) is 15.7 Å². The molecule has 0 aromatic rings. The Morgan fingerprint density at radius 1 is 1.64 bits per heavy atom. The van der Waals surface area contributed by atoms with Crippen molar-refractivity contribution in [3.05, 3.63) is 0 Å². The molecule has 0 amide bonds. The van der Waals surface area contributed by atoms with Crippen molar-refractivity contribution < 1.29 is 9.53 Å². The first kappa shape index (κ1) is 13.3. The van der Waals surface area contributed by atoms with Gasteiger partial charge in [0.05, 0.1) is 17.9 Å². The Bertz CT molecular complexity index is 215. The lowest BCUT2D eigenvalue weighted by Gasteiger charge is -2.11. The molecule has 0 aliphatic heterocycles. The SMILES string of the molecule is CCOC(=O)C(N)CSC(C#N)CC. The normalized spacial score (nSPS) is 14.1. The molecule has 2 unspecified atom stereocenters. The Balaban J connectivity index is 3.78. The molecule has 0 aromatic carbocycles. The Labute approximate surface area is 88.8 Å². The van der Waals surface area contributed by atoms with E-state index in [1.54, 1.807) is 6.92 Å². The highest BCUT2D eigenvalue weighted by Gasteiger charge is 2.16. The van der Waals surface area contributed by atoms with E-state index >= 15 is 0 Å². The van der Waals surface area contributed by atoms with E-state index in [2.05, 4.69) is 6.07 Å². The first-order chi connectivity index (χ1) is 6.65. The van der Waals surface area contributed by atoms with Crippen LogP contribution in [0.5, 0.6) is 0 Å². The van der Waals surface area contributed by atoms with Crippen LogP contribution < -0.4 is 5.73 Å². The number of nitrogens with zero attached hydrogens (tertiary/aromatic N) is 1. The Kier molecular flexibility index (Phi) is 7.25. The molecular formula is C9H16N2O2S. The van der Waals surface area contributed by atoms with Crippen LogP contribution in [0, 0.1) is 11.3 Å². The van der Waals surface area contributed by atoms with Gasteiger partial charge in [0.1, 0.15) is 6.04 Å². The molecule has 0 heterocycles. The Morgan fingerprint density at radius 3 is 2.71 bits per heavy atom. The average Bonchev–Trinajstić information content (AvgIpc) is 2.19. The molecule has 0 aliphatic rings. The minimum absolute atomic E-state index is 0.0875. The lowest BCUT2D eigenvalue weighted by atomic mass is 10.4. The van der Waals surface area contributed by atoms with E-state index in [0.717, 1.165) is 6.42 Å². The van der Waals surface area contributed by atoms with Gasteiger partial charge in [-0.15, -0.1) is 11.8 Å². The number of esters is 1. The van der Waals surface area contributed by atoms with E-state index < -0.39 is 12.0 Å². The minimum Gasteiger partial charge on any atom is -0.465 e. The number of hydrogen-bond acceptors (Lipinski definition) is 5. The summed E-state index contributed by atoms with van der Waals surface area (Å²) in [4.78, 5) is 11.1. The zero-order valence-electron chi connectivity index (χ0n) is 8.53. The van der Waals surface area contributed by atoms with E-state index in [-0.39, 0.29) is 5.25 Å². The molecule has 0 saturated carbocycles. The third-order valence-corrected chi connectivity index (χ3v) is 2.97. The number of carbonyl (C=O) groups excluding carboxylic acids is 1. The maximum absolute atomic E-state index is 11.1. The average molecular weight is 216 g/mol. The Morgan fingerprint density at radius 2 is 2.29 bits per heavy atom. The van der Waals surface area contributed by atoms with E-state index in [1.165, 1.54) is 11.8 Å². The molecule has 0 bridgehead atoms. The van der Waals surface area contributed by atoms with Crippen LogP contribution in [0.4, 0.5) is 0 Å². The standard InChI is InChI=1S/C9H16N2O2S/c1-3-7(5-10)14-6-8(11)9(12)13-4-2/h7-8H,3-4,6,11H2,1-2H3. The predicted molar refractivity (Wildman–Crippen MR) is 56.8 cm³/mol.